The predicted octanol–water partition coefficient (Wildman–Crippen LogP) is 2.13. The smallest absolute Gasteiger partial charge is 0.269 e. The second-order valence-corrected chi connectivity index (χ2v) is 4.15. The Hall–Kier alpha value is -1.88. The normalized spacial score (nSPS) is 10.4. The molecule has 0 saturated heterocycles. The quantitative estimate of drug-likeness (QED) is 0.927. The van der Waals surface area contributed by atoms with Gasteiger partial charge in [0.05, 0.1) is 23.5 Å². The Morgan fingerprint density at radius 1 is 1.44 bits per heavy atom. The average molecular weight is 268 g/mol. The molecular weight excluding hydrogens is 257 g/mol. The van der Waals surface area contributed by atoms with E-state index in [0.29, 0.717) is 11.3 Å². The first-order valence-corrected chi connectivity index (χ1v) is 5.67. The van der Waals surface area contributed by atoms with Gasteiger partial charge < -0.3 is 5.32 Å². The lowest BCUT2D eigenvalue weighted by Crippen LogP contribution is -2.22. The molecule has 0 spiro atoms. The lowest BCUT2D eigenvalue weighted by Gasteiger charge is -2.06. The summed E-state index contributed by atoms with van der Waals surface area (Å²) in [6.07, 6.45) is 1.55. The number of benzene rings is 1. The standard InChI is InChI=1S/C12H11ClFN3O/c1-15-9-5-12(18)17(16-6-9)7-8-2-3-11(14)10(13)4-8/h2-6,15H,7H2,1H3. The summed E-state index contributed by atoms with van der Waals surface area (Å²) in [5.41, 5.74) is 1.13. The molecule has 0 amide bonds. The van der Waals surface area contributed by atoms with Gasteiger partial charge in [-0.05, 0) is 17.7 Å². The van der Waals surface area contributed by atoms with Crippen molar-refractivity contribution < 1.29 is 4.39 Å². The lowest BCUT2D eigenvalue weighted by molar-refractivity contribution is 0.619. The van der Waals surface area contributed by atoms with Gasteiger partial charge in [-0.1, -0.05) is 17.7 Å². The first-order valence-electron chi connectivity index (χ1n) is 5.29. The van der Waals surface area contributed by atoms with E-state index < -0.39 is 5.82 Å². The van der Waals surface area contributed by atoms with Gasteiger partial charge in [0.15, 0.2) is 0 Å². The summed E-state index contributed by atoms with van der Waals surface area (Å²) in [5.74, 6) is -0.480. The Kier molecular flexibility index (Phi) is 3.62. The highest BCUT2D eigenvalue weighted by Gasteiger charge is 2.04. The van der Waals surface area contributed by atoms with Crippen LogP contribution in [0.3, 0.4) is 0 Å². The topological polar surface area (TPSA) is 46.9 Å². The molecule has 0 radical (unpaired) electrons. The van der Waals surface area contributed by atoms with Crippen molar-refractivity contribution in [3.63, 3.8) is 0 Å². The fraction of sp³-hybridized carbons (Fsp3) is 0.167. The fourth-order valence-corrected chi connectivity index (χ4v) is 1.70. The van der Waals surface area contributed by atoms with E-state index in [0.717, 1.165) is 0 Å². The van der Waals surface area contributed by atoms with E-state index in [9.17, 15) is 9.18 Å². The molecule has 2 rings (SSSR count). The number of nitrogens with zero attached hydrogens (tertiary/aromatic N) is 2. The molecule has 1 aromatic heterocycles. The molecule has 0 saturated carbocycles. The van der Waals surface area contributed by atoms with Gasteiger partial charge in [0.1, 0.15) is 5.82 Å². The van der Waals surface area contributed by atoms with Crippen LogP contribution in [0.5, 0.6) is 0 Å². The number of halogens is 2. The van der Waals surface area contributed by atoms with Crippen molar-refractivity contribution in [2.24, 2.45) is 0 Å². The number of hydrogen-bond donors (Lipinski definition) is 1. The van der Waals surface area contributed by atoms with Gasteiger partial charge in [-0.15, -0.1) is 0 Å². The lowest BCUT2D eigenvalue weighted by atomic mass is 10.2. The minimum atomic E-state index is -0.480. The Bertz CT molecular complexity index is 627. The first kappa shape index (κ1) is 12.6. The summed E-state index contributed by atoms with van der Waals surface area (Å²) in [5, 5.41) is 6.86. The molecule has 18 heavy (non-hydrogen) atoms. The van der Waals surface area contributed by atoms with Crippen molar-refractivity contribution in [1.82, 2.24) is 9.78 Å². The van der Waals surface area contributed by atoms with Crippen LogP contribution in [0.4, 0.5) is 10.1 Å². The second-order valence-electron chi connectivity index (χ2n) is 3.74. The van der Waals surface area contributed by atoms with Crippen molar-refractivity contribution in [2.45, 2.75) is 6.54 Å². The Morgan fingerprint density at radius 2 is 2.22 bits per heavy atom. The van der Waals surface area contributed by atoms with Crippen LogP contribution in [-0.4, -0.2) is 16.8 Å². The Balaban J connectivity index is 2.28. The maximum Gasteiger partial charge on any atom is 0.269 e. The molecule has 1 N–H and O–H groups in total. The Morgan fingerprint density at radius 3 is 2.83 bits per heavy atom. The molecule has 94 valence electrons. The van der Waals surface area contributed by atoms with E-state index >= 15 is 0 Å². The van der Waals surface area contributed by atoms with E-state index in [1.165, 1.54) is 22.9 Å². The molecule has 0 bridgehead atoms. The summed E-state index contributed by atoms with van der Waals surface area (Å²) in [6, 6.07) is 5.76. The SMILES string of the molecule is CNc1cnn(Cc2ccc(F)c(Cl)c2)c(=O)c1. The highest BCUT2D eigenvalue weighted by atomic mass is 35.5. The number of rotatable bonds is 3. The minimum Gasteiger partial charge on any atom is -0.387 e. The van der Waals surface area contributed by atoms with Crippen LogP contribution in [0.1, 0.15) is 5.56 Å². The monoisotopic (exact) mass is 267 g/mol. The highest BCUT2D eigenvalue weighted by Crippen LogP contribution is 2.16. The molecule has 0 aliphatic heterocycles. The molecule has 0 unspecified atom stereocenters. The van der Waals surface area contributed by atoms with Crippen molar-refractivity contribution in [3.05, 3.63) is 57.2 Å². The molecule has 0 aliphatic carbocycles. The van der Waals surface area contributed by atoms with Crippen molar-refractivity contribution in [1.29, 1.82) is 0 Å². The van der Waals surface area contributed by atoms with Gasteiger partial charge in [-0.3, -0.25) is 4.79 Å². The molecule has 1 heterocycles. The molecule has 1 aromatic carbocycles. The van der Waals surface area contributed by atoms with Crippen LogP contribution in [0.15, 0.2) is 35.3 Å². The summed E-state index contributed by atoms with van der Waals surface area (Å²) >= 11 is 5.67. The van der Waals surface area contributed by atoms with Crippen molar-refractivity contribution in [2.75, 3.05) is 12.4 Å². The van der Waals surface area contributed by atoms with Gasteiger partial charge in [0, 0.05) is 13.1 Å². The number of hydrogen-bond acceptors (Lipinski definition) is 3. The zero-order valence-corrected chi connectivity index (χ0v) is 10.4. The maximum absolute atomic E-state index is 13.0. The molecule has 4 nitrogen and oxygen atoms in total. The summed E-state index contributed by atoms with van der Waals surface area (Å²) in [7, 11) is 1.71. The van der Waals surface area contributed by atoms with Crippen LogP contribution in [0.25, 0.3) is 0 Å². The van der Waals surface area contributed by atoms with Crippen molar-refractivity contribution in [3.8, 4) is 0 Å². The average Bonchev–Trinajstić information content (AvgIpc) is 2.36. The molecule has 0 fully saturated rings. The molecule has 2 aromatic rings. The van der Waals surface area contributed by atoms with Crippen LogP contribution in [0.2, 0.25) is 5.02 Å². The maximum atomic E-state index is 13.0. The highest BCUT2D eigenvalue weighted by molar-refractivity contribution is 6.30. The predicted molar refractivity (Wildman–Crippen MR) is 68.6 cm³/mol. The molecular formula is C12H11ClFN3O. The van der Waals surface area contributed by atoms with Gasteiger partial charge in [0.2, 0.25) is 0 Å². The summed E-state index contributed by atoms with van der Waals surface area (Å²) < 4.78 is 14.3. The van der Waals surface area contributed by atoms with Crippen LogP contribution < -0.4 is 10.9 Å². The van der Waals surface area contributed by atoms with E-state index in [1.54, 1.807) is 19.3 Å². The summed E-state index contributed by atoms with van der Waals surface area (Å²) in [4.78, 5) is 11.7. The second kappa shape index (κ2) is 5.18. The van der Waals surface area contributed by atoms with Gasteiger partial charge >= 0.3 is 0 Å². The largest absolute Gasteiger partial charge is 0.387 e. The van der Waals surface area contributed by atoms with Gasteiger partial charge in [-0.2, -0.15) is 5.10 Å². The molecule has 0 aliphatic rings. The third-order valence-corrected chi connectivity index (χ3v) is 2.76. The number of anilines is 1. The third-order valence-electron chi connectivity index (χ3n) is 2.47. The van der Waals surface area contributed by atoms with E-state index in [2.05, 4.69) is 10.4 Å². The van der Waals surface area contributed by atoms with Crippen LogP contribution >= 0.6 is 11.6 Å². The minimum absolute atomic E-state index is 0.0346. The summed E-state index contributed by atoms with van der Waals surface area (Å²) in [6.45, 7) is 0.253. The van der Waals surface area contributed by atoms with E-state index in [1.807, 2.05) is 0 Å². The van der Waals surface area contributed by atoms with E-state index in [4.69, 9.17) is 11.6 Å². The van der Waals surface area contributed by atoms with Crippen LogP contribution in [-0.2, 0) is 6.54 Å². The third kappa shape index (κ3) is 2.68. The van der Waals surface area contributed by atoms with Gasteiger partial charge in [0.25, 0.3) is 5.56 Å². The fourth-order valence-electron chi connectivity index (χ4n) is 1.50. The zero-order valence-electron chi connectivity index (χ0n) is 9.65. The number of aromatic nitrogens is 2. The van der Waals surface area contributed by atoms with E-state index in [-0.39, 0.29) is 17.1 Å². The van der Waals surface area contributed by atoms with Crippen molar-refractivity contribution >= 4 is 17.3 Å². The number of nitrogens with one attached hydrogen (secondary N) is 1. The first-order chi connectivity index (χ1) is 8.60. The molecule has 6 heteroatoms. The van der Waals surface area contributed by atoms with Gasteiger partial charge in [-0.25, -0.2) is 9.07 Å². The molecule has 0 atom stereocenters. The zero-order chi connectivity index (χ0) is 13.1. The van der Waals surface area contributed by atoms with Crippen LogP contribution in [0, 0.1) is 5.82 Å². The Labute approximate surface area is 108 Å².